The molecule has 0 amide bonds. The fourth-order valence-electron chi connectivity index (χ4n) is 6.07. The second-order valence-electron chi connectivity index (χ2n) is 8.75. The molecule has 0 saturated heterocycles. The van der Waals surface area contributed by atoms with Crippen LogP contribution in [0.1, 0.15) is 43.2 Å². The third-order valence-electron chi connectivity index (χ3n) is 7.15. The molecule has 2 aliphatic rings. The third-order valence-corrected chi connectivity index (χ3v) is 7.15. The van der Waals surface area contributed by atoms with Crippen molar-refractivity contribution in [3.63, 3.8) is 0 Å². The van der Waals surface area contributed by atoms with Crippen molar-refractivity contribution < 1.29 is 19.1 Å². The van der Waals surface area contributed by atoms with Gasteiger partial charge in [0.25, 0.3) is 0 Å². The van der Waals surface area contributed by atoms with Gasteiger partial charge in [0.15, 0.2) is 0 Å². The van der Waals surface area contributed by atoms with Crippen LogP contribution in [0.3, 0.4) is 0 Å². The first-order valence-electron chi connectivity index (χ1n) is 11.8. The number of hydrogen-bond donors (Lipinski definition) is 0. The number of rotatable bonds is 6. The lowest BCUT2D eigenvalue weighted by molar-refractivity contribution is -0.142. The van der Waals surface area contributed by atoms with Gasteiger partial charge in [-0.15, -0.1) is 0 Å². The second kappa shape index (κ2) is 8.86. The lowest BCUT2D eigenvalue weighted by Gasteiger charge is -2.34. The van der Waals surface area contributed by atoms with Gasteiger partial charge in [0.2, 0.25) is 0 Å². The number of fused-ring (bicyclic) bond motifs is 3. The average Bonchev–Trinajstić information content (AvgIpc) is 3.41. The van der Waals surface area contributed by atoms with E-state index in [1.165, 1.54) is 21.9 Å². The van der Waals surface area contributed by atoms with E-state index in [9.17, 15) is 9.59 Å². The van der Waals surface area contributed by atoms with Gasteiger partial charge in [-0.1, -0.05) is 72.8 Å². The van der Waals surface area contributed by atoms with Crippen molar-refractivity contribution in [1.82, 2.24) is 0 Å². The molecule has 1 saturated carbocycles. The van der Waals surface area contributed by atoms with Crippen LogP contribution in [0, 0.1) is 11.8 Å². The Bertz CT molecular complexity index is 1220. The molecular weight excluding hydrogens is 412 g/mol. The fraction of sp³-hybridized carbons (Fsp3) is 0.310. The molecule has 4 nitrogen and oxygen atoms in total. The smallest absolute Gasteiger partial charge is 0.334 e. The average molecular weight is 441 g/mol. The summed E-state index contributed by atoms with van der Waals surface area (Å²) in [6.07, 6.45) is 0.746. The normalized spacial score (nSPS) is 23.7. The van der Waals surface area contributed by atoms with Crippen LogP contribution < -0.4 is 0 Å². The molecule has 5 rings (SSSR count). The van der Waals surface area contributed by atoms with E-state index in [1.807, 2.05) is 24.3 Å². The van der Waals surface area contributed by atoms with Crippen LogP contribution in [0.15, 0.2) is 83.9 Å². The van der Waals surface area contributed by atoms with Crippen LogP contribution in [0.25, 0.3) is 10.8 Å². The van der Waals surface area contributed by atoms with E-state index in [-0.39, 0.29) is 48.8 Å². The molecule has 3 aromatic carbocycles. The summed E-state index contributed by atoms with van der Waals surface area (Å²) < 4.78 is 10.9. The van der Waals surface area contributed by atoms with Crippen molar-refractivity contribution in [3.05, 3.63) is 95.1 Å². The molecule has 4 heteroatoms. The second-order valence-corrected chi connectivity index (χ2v) is 8.75. The van der Waals surface area contributed by atoms with Gasteiger partial charge in [-0.25, -0.2) is 9.59 Å². The molecule has 0 aliphatic heterocycles. The largest absolute Gasteiger partial charge is 0.463 e. The van der Waals surface area contributed by atoms with Gasteiger partial charge in [0.1, 0.15) is 0 Å². The summed E-state index contributed by atoms with van der Waals surface area (Å²) in [5.74, 6) is -0.792. The molecule has 0 radical (unpaired) electrons. The third kappa shape index (κ3) is 3.54. The molecule has 168 valence electrons. The first-order valence-corrected chi connectivity index (χ1v) is 11.8. The highest BCUT2D eigenvalue weighted by Gasteiger charge is 2.57. The molecule has 0 unspecified atom stereocenters. The maximum absolute atomic E-state index is 13.2. The Balaban J connectivity index is 1.73. The van der Waals surface area contributed by atoms with Gasteiger partial charge in [-0.3, -0.25) is 0 Å². The molecular formula is C29H28O4. The first-order chi connectivity index (χ1) is 16.2. The standard InChI is InChI=1S/C29H28O4/c1-3-32-28(30)26-22-17-23(27(26)29(31)33-4-2)25(24(22)19-12-6-5-7-13-19)21-16-10-14-18-11-8-9-15-20(18)21/h5-16,22-25H,3-4,17H2,1-2H3/t22-,23+,24+,25-/m1/s1. The van der Waals surface area contributed by atoms with Gasteiger partial charge in [0.05, 0.1) is 24.4 Å². The quantitative estimate of drug-likeness (QED) is 0.456. The number of hydrogen-bond acceptors (Lipinski definition) is 4. The minimum Gasteiger partial charge on any atom is -0.463 e. The Labute approximate surface area is 194 Å². The van der Waals surface area contributed by atoms with Crippen LogP contribution >= 0.6 is 0 Å². The SMILES string of the molecule is CCOC(=O)C1=C(C(=O)OCC)[C@@H]2C[C@H]1[C@@H](c1cccc3ccccc13)[C@H]2c1ccccc1. The summed E-state index contributed by atoms with van der Waals surface area (Å²) in [6.45, 7) is 4.14. The van der Waals surface area contributed by atoms with Crippen LogP contribution in [0.4, 0.5) is 0 Å². The lowest BCUT2D eigenvalue weighted by atomic mass is 9.69. The molecule has 3 aromatic rings. The zero-order valence-corrected chi connectivity index (χ0v) is 19.0. The van der Waals surface area contributed by atoms with Crippen molar-refractivity contribution >= 4 is 22.7 Å². The maximum Gasteiger partial charge on any atom is 0.334 e. The summed E-state index contributed by atoms with van der Waals surface area (Å²) in [7, 11) is 0. The molecule has 0 heterocycles. The van der Waals surface area contributed by atoms with Gasteiger partial charge < -0.3 is 9.47 Å². The Morgan fingerprint density at radius 1 is 0.727 bits per heavy atom. The minimum atomic E-state index is -0.384. The van der Waals surface area contributed by atoms with Crippen LogP contribution in [0.2, 0.25) is 0 Å². The Kier molecular flexibility index (Phi) is 5.76. The van der Waals surface area contributed by atoms with Crippen molar-refractivity contribution in [2.45, 2.75) is 32.1 Å². The molecule has 33 heavy (non-hydrogen) atoms. The first kappa shape index (κ1) is 21.4. The van der Waals surface area contributed by atoms with Crippen molar-refractivity contribution in [1.29, 1.82) is 0 Å². The van der Waals surface area contributed by atoms with Gasteiger partial charge >= 0.3 is 11.9 Å². The number of benzene rings is 3. The zero-order valence-electron chi connectivity index (χ0n) is 19.0. The molecule has 2 aliphatic carbocycles. The van der Waals surface area contributed by atoms with E-state index in [0.29, 0.717) is 11.1 Å². The Morgan fingerprint density at radius 3 is 1.97 bits per heavy atom. The van der Waals surface area contributed by atoms with E-state index in [1.54, 1.807) is 13.8 Å². The van der Waals surface area contributed by atoms with Crippen molar-refractivity contribution in [2.75, 3.05) is 13.2 Å². The number of esters is 2. The van der Waals surface area contributed by atoms with Crippen molar-refractivity contribution in [2.24, 2.45) is 11.8 Å². The van der Waals surface area contributed by atoms with Gasteiger partial charge in [0, 0.05) is 0 Å². The molecule has 4 atom stereocenters. The molecule has 0 N–H and O–H groups in total. The van der Waals surface area contributed by atoms with E-state index >= 15 is 0 Å². The topological polar surface area (TPSA) is 52.6 Å². The zero-order chi connectivity index (χ0) is 22.9. The minimum absolute atomic E-state index is 0.0704. The van der Waals surface area contributed by atoms with Crippen LogP contribution in [-0.2, 0) is 19.1 Å². The summed E-state index contributed by atoms with van der Waals surface area (Å²) in [4.78, 5) is 26.2. The van der Waals surface area contributed by atoms with Crippen LogP contribution in [-0.4, -0.2) is 25.2 Å². The maximum atomic E-state index is 13.2. The Hall–Kier alpha value is -3.40. The summed E-state index contributed by atoms with van der Waals surface area (Å²) in [5, 5.41) is 2.37. The van der Waals surface area contributed by atoms with Gasteiger partial charge in [-0.2, -0.15) is 0 Å². The highest BCUT2D eigenvalue weighted by molar-refractivity contribution is 6.03. The monoisotopic (exact) mass is 440 g/mol. The molecule has 1 fully saturated rings. The van der Waals surface area contributed by atoms with E-state index in [0.717, 1.165) is 6.42 Å². The highest BCUT2D eigenvalue weighted by Crippen LogP contribution is 2.63. The summed E-state index contributed by atoms with van der Waals surface area (Å²) >= 11 is 0. The predicted molar refractivity (Wildman–Crippen MR) is 128 cm³/mol. The fourth-order valence-corrected chi connectivity index (χ4v) is 6.07. The molecule has 2 bridgehead atoms. The summed E-state index contributed by atoms with van der Waals surface area (Å²) in [6, 6.07) is 25.1. The Morgan fingerprint density at radius 2 is 1.30 bits per heavy atom. The van der Waals surface area contributed by atoms with E-state index in [2.05, 4.69) is 48.5 Å². The predicted octanol–water partition coefficient (Wildman–Crippen LogP) is 5.78. The molecule has 0 aromatic heterocycles. The molecule has 0 spiro atoms. The number of carbonyl (C=O) groups is 2. The van der Waals surface area contributed by atoms with E-state index < -0.39 is 0 Å². The number of carbonyl (C=O) groups excluding carboxylic acids is 2. The lowest BCUT2D eigenvalue weighted by Crippen LogP contribution is -2.29. The number of ether oxygens (including phenoxy) is 2. The summed E-state index contributed by atoms with van der Waals surface area (Å²) in [5.41, 5.74) is 3.45. The van der Waals surface area contributed by atoms with Gasteiger partial charge in [-0.05, 0) is 65.8 Å². The van der Waals surface area contributed by atoms with Crippen molar-refractivity contribution in [3.8, 4) is 0 Å². The van der Waals surface area contributed by atoms with Crippen LogP contribution in [0.5, 0.6) is 0 Å². The highest BCUT2D eigenvalue weighted by atomic mass is 16.5. The van der Waals surface area contributed by atoms with E-state index in [4.69, 9.17) is 9.47 Å².